The van der Waals surface area contributed by atoms with Crippen LogP contribution in [-0.4, -0.2) is 29.0 Å². The molecule has 6 nitrogen and oxygen atoms in total. The Morgan fingerprint density at radius 1 is 1.26 bits per heavy atom. The largest absolute Gasteiger partial charge is 0.507 e. The lowest BCUT2D eigenvalue weighted by Crippen LogP contribution is -2.28. The SMILES string of the molecule is N#C/C(=C\c1c(O)ccc2ccc(=O)oc12)C(=O)N1CCCC1. The average molecular weight is 310 g/mol. The molecule has 1 amide bonds. The normalized spacial score (nSPS) is 14.9. The fourth-order valence-corrected chi connectivity index (χ4v) is 2.66. The second kappa shape index (κ2) is 5.97. The molecule has 1 saturated heterocycles. The van der Waals surface area contributed by atoms with Crippen LogP contribution in [-0.2, 0) is 4.79 Å². The summed E-state index contributed by atoms with van der Waals surface area (Å²) in [6.45, 7) is 1.24. The Morgan fingerprint density at radius 2 is 1.96 bits per heavy atom. The Labute approximate surface area is 131 Å². The molecule has 116 valence electrons. The monoisotopic (exact) mass is 310 g/mol. The molecule has 6 heteroatoms. The van der Waals surface area contributed by atoms with Crippen LogP contribution in [0.15, 0.2) is 39.1 Å². The number of rotatable bonds is 2. The summed E-state index contributed by atoms with van der Waals surface area (Å²) in [6.07, 6.45) is 3.11. The van der Waals surface area contributed by atoms with Crippen molar-refractivity contribution >= 4 is 23.0 Å². The number of phenols is 1. The summed E-state index contributed by atoms with van der Waals surface area (Å²) >= 11 is 0. The number of phenolic OH excluding ortho intramolecular Hbond substituents is 1. The van der Waals surface area contributed by atoms with Crippen molar-refractivity contribution in [3.05, 3.63) is 45.8 Å². The van der Waals surface area contributed by atoms with Gasteiger partial charge in [-0.3, -0.25) is 4.79 Å². The van der Waals surface area contributed by atoms with Crippen molar-refractivity contribution in [3.63, 3.8) is 0 Å². The van der Waals surface area contributed by atoms with E-state index in [0.717, 1.165) is 12.8 Å². The van der Waals surface area contributed by atoms with Crippen LogP contribution in [0.25, 0.3) is 17.0 Å². The number of hydrogen-bond donors (Lipinski definition) is 1. The first-order valence-corrected chi connectivity index (χ1v) is 7.27. The van der Waals surface area contributed by atoms with Crippen LogP contribution in [0.4, 0.5) is 0 Å². The van der Waals surface area contributed by atoms with E-state index in [0.29, 0.717) is 18.5 Å². The number of carbonyl (C=O) groups is 1. The zero-order valence-corrected chi connectivity index (χ0v) is 12.3. The van der Waals surface area contributed by atoms with Gasteiger partial charge in [0.1, 0.15) is 23.0 Å². The van der Waals surface area contributed by atoms with Gasteiger partial charge in [0.2, 0.25) is 0 Å². The van der Waals surface area contributed by atoms with E-state index in [1.54, 1.807) is 17.0 Å². The molecule has 0 radical (unpaired) electrons. The highest BCUT2D eigenvalue weighted by Gasteiger charge is 2.22. The highest BCUT2D eigenvalue weighted by Crippen LogP contribution is 2.29. The number of nitriles is 1. The predicted octanol–water partition coefficient (Wildman–Crippen LogP) is 2.03. The molecular weight excluding hydrogens is 296 g/mol. The van der Waals surface area contributed by atoms with Gasteiger partial charge < -0.3 is 14.4 Å². The van der Waals surface area contributed by atoms with Crippen molar-refractivity contribution in [2.45, 2.75) is 12.8 Å². The van der Waals surface area contributed by atoms with E-state index in [1.165, 1.54) is 18.2 Å². The minimum atomic E-state index is -0.567. The Balaban J connectivity index is 2.13. The van der Waals surface area contributed by atoms with Gasteiger partial charge in [0.05, 0.1) is 5.56 Å². The number of benzene rings is 1. The van der Waals surface area contributed by atoms with Gasteiger partial charge in [0.15, 0.2) is 0 Å². The van der Waals surface area contributed by atoms with Crippen LogP contribution in [0.2, 0.25) is 0 Å². The number of amides is 1. The third kappa shape index (κ3) is 2.81. The highest BCUT2D eigenvalue weighted by molar-refractivity contribution is 6.04. The number of likely N-dealkylation sites (tertiary alicyclic amines) is 1. The molecular formula is C17H14N2O4. The summed E-state index contributed by atoms with van der Waals surface area (Å²) < 4.78 is 5.13. The van der Waals surface area contributed by atoms with Crippen molar-refractivity contribution in [1.29, 1.82) is 5.26 Å². The number of hydrogen-bond acceptors (Lipinski definition) is 5. The van der Waals surface area contributed by atoms with Crippen molar-refractivity contribution in [1.82, 2.24) is 4.90 Å². The fourth-order valence-electron chi connectivity index (χ4n) is 2.66. The molecule has 0 atom stereocenters. The molecule has 1 aliphatic heterocycles. The Hall–Kier alpha value is -3.07. The Kier molecular flexibility index (Phi) is 3.85. The lowest BCUT2D eigenvalue weighted by atomic mass is 10.1. The van der Waals surface area contributed by atoms with Gasteiger partial charge in [0.25, 0.3) is 5.91 Å². The molecule has 0 saturated carbocycles. The van der Waals surface area contributed by atoms with Gasteiger partial charge in [-0.1, -0.05) is 0 Å². The fraction of sp³-hybridized carbons (Fsp3) is 0.235. The first-order chi connectivity index (χ1) is 11.1. The molecule has 1 aliphatic rings. The molecule has 23 heavy (non-hydrogen) atoms. The summed E-state index contributed by atoms with van der Waals surface area (Å²) in [6, 6.07) is 7.74. The number of fused-ring (bicyclic) bond motifs is 1. The van der Waals surface area contributed by atoms with Crippen LogP contribution >= 0.6 is 0 Å². The van der Waals surface area contributed by atoms with Gasteiger partial charge in [-0.2, -0.15) is 5.26 Å². The van der Waals surface area contributed by atoms with Crippen LogP contribution in [0, 0.1) is 11.3 Å². The Bertz CT molecular complexity index is 899. The van der Waals surface area contributed by atoms with Crippen LogP contribution in [0.1, 0.15) is 18.4 Å². The third-order valence-corrected chi connectivity index (χ3v) is 3.84. The van der Waals surface area contributed by atoms with Crippen molar-refractivity contribution in [2.75, 3.05) is 13.1 Å². The van der Waals surface area contributed by atoms with Crippen LogP contribution in [0.5, 0.6) is 5.75 Å². The summed E-state index contributed by atoms with van der Waals surface area (Å²) in [5.74, 6) is -0.534. The van der Waals surface area contributed by atoms with Gasteiger partial charge in [-0.05, 0) is 37.1 Å². The summed E-state index contributed by atoms with van der Waals surface area (Å²) in [7, 11) is 0. The molecule has 0 aliphatic carbocycles. The molecule has 1 aromatic heterocycles. The van der Waals surface area contributed by atoms with E-state index in [1.807, 2.05) is 6.07 Å². The van der Waals surface area contributed by atoms with E-state index < -0.39 is 5.63 Å². The lowest BCUT2D eigenvalue weighted by Gasteiger charge is -2.14. The summed E-state index contributed by atoms with van der Waals surface area (Å²) in [4.78, 5) is 25.4. The minimum Gasteiger partial charge on any atom is -0.507 e. The van der Waals surface area contributed by atoms with Crippen molar-refractivity contribution < 1.29 is 14.3 Å². The average Bonchev–Trinajstić information content (AvgIpc) is 3.08. The van der Waals surface area contributed by atoms with E-state index in [9.17, 15) is 20.0 Å². The van der Waals surface area contributed by atoms with Crippen molar-refractivity contribution in [3.8, 4) is 11.8 Å². The molecule has 0 unspecified atom stereocenters. The smallest absolute Gasteiger partial charge is 0.336 e. The summed E-state index contributed by atoms with van der Waals surface area (Å²) in [5.41, 5.74) is -0.355. The maximum Gasteiger partial charge on any atom is 0.336 e. The second-order valence-electron chi connectivity index (χ2n) is 5.34. The number of carbonyl (C=O) groups excluding carboxylic acids is 1. The molecule has 1 N–H and O–H groups in total. The molecule has 1 aromatic carbocycles. The zero-order valence-electron chi connectivity index (χ0n) is 12.3. The molecule has 0 spiro atoms. The van der Waals surface area contributed by atoms with E-state index >= 15 is 0 Å². The molecule has 3 rings (SSSR count). The molecule has 2 heterocycles. The zero-order chi connectivity index (χ0) is 16.4. The topological polar surface area (TPSA) is 94.5 Å². The third-order valence-electron chi connectivity index (χ3n) is 3.84. The predicted molar refractivity (Wildman–Crippen MR) is 83.6 cm³/mol. The number of nitrogens with zero attached hydrogens (tertiary/aromatic N) is 2. The second-order valence-corrected chi connectivity index (χ2v) is 5.34. The number of aromatic hydroxyl groups is 1. The van der Waals surface area contributed by atoms with Crippen molar-refractivity contribution in [2.24, 2.45) is 0 Å². The molecule has 0 bridgehead atoms. The quantitative estimate of drug-likeness (QED) is 0.520. The van der Waals surface area contributed by atoms with Crippen LogP contribution in [0.3, 0.4) is 0 Å². The van der Waals surface area contributed by atoms with E-state index in [2.05, 4.69) is 0 Å². The Morgan fingerprint density at radius 3 is 2.65 bits per heavy atom. The maximum absolute atomic E-state index is 12.4. The molecule has 1 fully saturated rings. The first-order valence-electron chi connectivity index (χ1n) is 7.27. The minimum absolute atomic E-state index is 0.0961. The van der Waals surface area contributed by atoms with Gasteiger partial charge in [-0.15, -0.1) is 0 Å². The van der Waals surface area contributed by atoms with E-state index in [-0.39, 0.29) is 28.4 Å². The lowest BCUT2D eigenvalue weighted by molar-refractivity contribution is -0.125. The molecule has 2 aromatic rings. The van der Waals surface area contributed by atoms with Gasteiger partial charge in [0, 0.05) is 24.5 Å². The standard InChI is InChI=1S/C17H14N2O4/c18-10-12(17(22)19-7-1-2-8-19)9-13-14(20)5-3-11-4-6-15(21)23-16(11)13/h3-6,9,20H,1-2,7-8H2/b12-9+. The van der Waals surface area contributed by atoms with Crippen LogP contribution < -0.4 is 5.63 Å². The van der Waals surface area contributed by atoms with Gasteiger partial charge >= 0.3 is 5.63 Å². The summed E-state index contributed by atoms with van der Waals surface area (Å²) in [5, 5.41) is 19.9. The van der Waals surface area contributed by atoms with Gasteiger partial charge in [-0.25, -0.2) is 4.79 Å². The first kappa shape index (κ1) is 14.9. The van der Waals surface area contributed by atoms with E-state index in [4.69, 9.17) is 4.42 Å². The highest BCUT2D eigenvalue weighted by atomic mass is 16.4. The maximum atomic E-state index is 12.4.